The van der Waals surface area contributed by atoms with E-state index in [0.29, 0.717) is 32.2 Å². The minimum atomic E-state index is -0.239. The van der Waals surface area contributed by atoms with Crippen LogP contribution < -0.4 is 0 Å². The van der Waals surface area contributed by atoms with E-state index in [-0.39, 0.29) is 29.2 Å². The molecule has 0 saturated heterocycles. The number of rotatable bonds is 26. The molecule has 1 amide bonds. The van der Waals surface area contributed by atoms with Gasteiger partial charge in [-0.15, -0.1) is 0 Å². The molecule has 7 nitrogen and oxygen atoms in total. The van der Waals surface area contributed by atoms with E-state index in [4.69, 9.17) is 9.47 Å². The largest absolute Gasteiger partial charge is 0.469 e. The van der Waals surface area contributed by atoms with Crippen molar-refractivity contribution >= 4 is 28.9 Å². The van der Waals surface area contributed by atoms with Gasteiger partial charge in [-0.3, -0.25) is 14.4 Å². The van der Waals surface area contributed by atoms with E-state index < -0.39 is 0 Å². The van der Waals surface area contributed by atoms with Crippen LogP contribution in [-0.2, 0) is 19.1 Å². The number of esters is 2. The van der Waals surface area contributed by atoms with Gasteiger partial charge in [0.1, 0.15) is 6.10 Å². The molecular weight excluding hydrogens is 524 g/mol. The van der Waals surface area contributed by atoms with E-state index in [1.54, 1.807) is 4.90 Å². The van der Waals surface area contributed by atoms with Crippen molar-refractivity contribution in [1.29, 1.82) is 0 Å². The van der Waals surface area contributed by atoms with Gasteiger partial charge >= 0.3 is 11.9 Å². The average Bonchev–Trinajstić information content (AvgIpc) is 2.92. The van der Waals surface area contributed by atoms with Gasteiger partial charge in [-0.2, -0.15) is 0 Å². The van der Waals surface area contributed by atoms with Crippen LogP contribution in [0.4, 0.5) is 4.79 Å². The summed E-state index contributed by atoms with van der Waals surface area (Å²) in [5.41, 5.74) is 0. The van der Waals surface area contributed by atoms with Crippen LogP contribution in [0.1, 0.15) is 129 Å². The van der Waals surface area contributed by atoms with Crippen molar-refractivity contribution in [2.45, 2.75) is 136 Å². The van der Waals surface area contributed by atoms with E-state index in [0.717, 1.165) is 50.8 Å². The second-order valence-electron chi connectivity index (χ2n) is 11.5. The first-order chi connectivity index (χ1) is 19.2. The first-order valence-electron chi connectivity index (χ1n) is 16.0. The molecule has 8 heteroatoms. The highest BCUT2D eigenvalue weighted by Crippen LogP contribution is 2.21. The van der Waals surface area contributed by atoms with Crippen LogP contribution in [0.3, 0.4) is 0 Å². The molecule has 0 aromatic heterocycles. The highest BCUT2D eigenvalue weighted by molar-refractivity contribution is 8.13. The number of thioether (sulfide) groups is 1. The Morgan fingerprint density at radius 3 is 1.85 bits per heavy atom. The van der Waals surface area contributed by atoms with Crippen molar-refractivity contribution in [3.8, 4) is 0 Å². The van der Waals surface area contributed by atoms with E-state index in [2.05, 4.69) is 18.7 Å². The highest BCUT2D eigenvalue weighted by Gasteiger charge is 2.19. The molecule has 0 radical (unpaired) electrons. The minimum absolute atomic E-state index is 0.0270. The zero-order valence-electron chi connectivity index (χ0n) is 26.8. The maximum Gasteiger partial charge on any atom is 0.306 e. The van der Waals surface area contributed by atoms with Gasteiger partial charge in [0.25, 0.3) is 5.24 Å². The van der Waals surface area contributed by atoms with Gasteiger partial charge in [0.15, 0.2) is 0 Å². The second kappa shape index (κ2) is 26.6. The Balaban J connectivity index is 4.74. The van der Waals surface area contributed by atoms with E-state index in [9.17, 15) is 14.4 Å². The second-order valence-corrected chi connectivity index (χ2v) is 12.6. The average molecular weight is 587 g/mol. The summed E-state index contributed by atoms with van der Waals surface area (Å²) >= 11 is 1.35. The number of nitrogens with zero attached hydrogens (tertiary/aromatic N) is 2. The summed E-state index contributed by atoms with van der Waals surface area (Å²) in [6, 6.07) is 0. The standard InChI is InChI=1S/C32H62N2O5S/c1-7-9-11-13-15-20-29(21-16-14-12-10-8-2)39-31(36)22-17-19-28(23-24-30(35)38-6)27-34(5)32(37)40-26-18-25-33(3)4/h28-29H,7-27H2,1-6H3. The molecule has 40 heavy (non-hydrogen) atoms. The molecule has 0 aromatic rings. The number of carbonyl (C=O) groups excluding carboxylic acids is 3. The predicted octanol–water partition coefficient (Wildman–Crippen LogP) is 8.10. The van der Waals surface area contributed by atoms with Gasteiger partial charge in [-0.05, 0) is 77.9 Å². The monoisotopic (exact) mass is 586 g/mol. The molecule has 0 aliphatic rings. The molecule has 0 heterocycles. The topological polar surface area (TPSA) is 76.2 Å². The van der Waals surface area contributed by atoms with Gasteiger partial charge in [-0.25, -0.2) is 0 Å². The molecule has 0 aliphatic carbocycles. The number of ether oxygens (including phenoxy) is 2. The first kappa shape index (κ1) is 38.7. The Morgan fingerprint density at radius 2 is 1.30 bits per heavy atom. The number of carbonyl (C=O) groups is 3. The number of methoxy groups -OCH3 is 1. The van der Waals surface area contributed by atoms with Gasteiger partial charge in [-0.1, -0.05) is 77.0 Å². The lowest BCUT2D eigenvalue weighted by molar-refractivity contribution is -0.150. The third kappa shape index (κ3) is 23.4. The molecule has 0 fully saturated rings. The zero-order valence-corrected chi connectivity index (χ0v) is 27.7. The van der Waals surface area contributed by atoms with Crippen LogP contribution in [0, 0.1) is 5.92 Å². The van der Waals surface area contributed by atoms with Crippen LogP contribution in [0.2, 0.25) is 0 Å². The van der Waals surface area contributed by atoms with Gasteiger partial charge in [0.2, 0.25) is 0 Å². The van der Waals surface area contributed by atoms with E-state index in [1.807, 2.05) is 21.1 Å². The van der Waals surface area contributed by atoms with Crippen molar-refractivity contribution in [1.82, 2.24) is 9.80 Å². The summed E-state index contributed by atoms with van der Waals surface area (Å²) in [6.07, 6.45) is 17.9. The lowest BCUT2D eigenvalue weighted by Gasteiger charge is -2.24. The molecule has 0 saturated carbocycles. The molecule has 0 N–H and O–H groups in total. The zero-order chi connectivity index (χ0) is 30.0. The fraction of sp³-hybridized carbons (Fsp3) is 0.906. The van der Waals surface area contributed by atoms with Crippen LogP contribution in [0.5, 0.6) is 0 Å². The minimum Gasteiger partial charge on any atom is -0.469 e. The molecular formula is C32H62N2O5S. The van der Waals surface area contributed by atoms with Crippen LogP contribution in [-0.4, -0.2) is 80.2 Å². The predicted molar refractivity (Wildman–Crippen MR) is 169 cm³/mol. The number of amides is 1. The maximum atomic E-state index is 12.8. The lowest BCUT2D eigenvalue weighted by atomic mass is 9.96. The van der Waals surface area contributed by atoms with Crippen molar-refractivity contribution in [3.63, 3.8) is 0 Å². The SMILES string of the molecule is CCCCCCCC(CCCCCCC)OC(=O)CCCC(CCC(=O)OC)CN(C)C(=O)SCCCN(C)C. The lowest BCUT2D eigenvalue weighted by Crippen LogP contribution is -2.30. The molecule has 1 unspecified atom stereocenters. The Kier molecular flexibility index (Phi) is 25.8. The molecule has 0 bridgehead atoms. The molecule has 1 atom stereocenters. The summed E-state index contributed by atoms with van der Waals surface area (Å²) in [6.45, 7) is 5.98. The quantitative estimate of drug-likeness (QED) is 0.0749. The Bertz CT molecular complexity index is 633. The summed E-state index contributed by atoms with van der Waals surface area (Å²) in [4.78, 5) is 41.0. The fourth-order valence-electron chi connectivity index (χ4n) is 4.86. The summed E-state index contributed by atoms with van der Waals surface area (Å²) in [5, 5.41) is 0.0574. The molecule has 0 spiro atoms. The summed E-state index contributed by atoms with van der Waals surface area (Å²) in [7, 11) is 7.29. The molecule has 0 aromatic carbocycles. The molecule has 236 valence electrons. The number of unbranched alkanes of at least 4 members (excludes halogenated alkanes) is 8. The summed E-state index contributed by atoms with van der Waals surface area (Å²) in [5.74, 6) is 0.575. The number of hydrogen-bond acceptors (Lipinski definition) is 7. The first-order valence-corrected chi connectivity index (χ1v) is 17.0. The third-order valence-corrected chi connectivity index (χ3v) is 8.41. The highest BCUT2D eigenvalue weighted by atomic mass is 32.2. The summed E-state index contributed by atoms with van der Waals surface area (Å²) < 4.78 is 10.8. The van der Waals surface area contributed by atoms with Crippen LogP contribution in [0.25, 0.3) is 0 Å². The molecule has 0 rings (SSSR count). The van der Waals surface area contributed by atoms with Crippen LogP contribution >= 0.6 is 11.8 Å². The van der Waals surface area contributed by atoms with Crippen molar-refractivity contribution in [3.05, 3.63) is 0 Å². The smallest absolute Gasteiger partial charge is 0.306 e. The Labute approximate surface area is 250 Å². The Morgan fingerprint density at radius 1 is 0.700 bits per heavy atom. The van der Waals surface area contributed by atoms with Gasteiger partial charge in [0, 0.05) is 32.2 Å². The maximum absolute atomic E-state index is 12.8. The van der Waals surface area contributed by atoms with Crippen molar-refractivity contribution in [2.24, 2.45) is 5.92 Å². The van der Waals surface area contributed by atoms with Crippen LogP contribution in [0.15, 0.2) is 0 Å². The van der Waals surface area contributed by atoms with Gasteiger partial charge in [0.05, 0.1) is 7.11 Å². The normalized spacial score (nSPS) is 12.1. The van der Waals surface area contributed by atoms with Crippen molar-refractivity contribution < 1.29 is 23.9 Å². The van der Waals surface area contributed by atoms with E-state index >= 15 is 0 Å². The molecule has 0 aliphatic heterocycles. The van der Waals surface area contributed by atoms with Crippen molar-refractivity contribution in [2.75, 3.05) is 47.1 Å². The fourth-order valence-corrected chi connectivity index (χ4v) is 5.60. The number of hydrogen-bond donors (Lipinski definition) is 0. The van der Waals surface area contributed by atoms with E-state index in [1.165, 1.54) is 70.2 Å². The Hall–Kier alpha value is -1.28. The van der Waals surface area contributed by atoms with Gasteiger partial charge < -0.3 is 19.3 Å². The third-order valence-electron chi connectivity index (χ3n) is 7.35.